The number of halogens is 1. The standard InChI is InChI=1S/C35H45ClN4O7S/c1-37-48(44,45)38-33(42)35(43)19-32(41)39(2)16-5-4-8-30(46-3)27-12-9-24(27)20-40-21-34(22-47-31-14-10-25(35)18-29(31)40)15-6-7-23-17-26(36)11-13-28(23)34/h4,8,10-11,13-14,17-18,24,27,30,37,43H,5-7,9,12,15-16,19-22H2,1-3H3,(H,38,42)/b8-4+/t24-,27+,30-,34-,35+/m0/s1. The quantitative estimate of drug-likeness (QED) is 0.413. The molecule has 1 fully saturated rings. The van der Waals surface area contributed by atoms with Gasteiger partial charge in [-0.15, -0.1) is 0 Å². The number of aryl methyl sites for hydroxylation is 1. The van der Waals surface area contributed by atoms with E-state index >= 15 is 0 Å². The van der Waals surface area contributed by atoms with E-state index in [0.29, 0.717) is 55.0 Å². The predicted molar refractivity (Wildman–Crippen MR) is 183 cm³/mol. The summed E-state index contributed by atoms with van der Waals surface area (Å²) in [5, 5.41) is 12.8. The number of fused-ring (bicyclic) bond motifs is 4. The fourth-order valence-electron chi connectivity index (χ4n) is 7.85. The fraction of sp³-hybridized carbons (Fsp3) is 0.543. The third-order valence-corrected chi connectivity index (χ3v) is 12.0. The molecule has 2 bridgehead atoms. The van der Waals surface area contributed by atoms with Crippen molar-refractivity contribution in [3.05, 3.63) is 70.3 Å². The summed E-state index contributed by atoms with van der Waals surface area (Å²) < 4.78 is 41.3. The second-order valence-corrected chi connectivity index (χ2v) is 15.8. The van der Waals surface area contributed by atoms with Crippen LogP contribution >= 0.6 is 11.6 Å². The van der Waals surface area contributed by atoms with Crippen molar-refractivity contribution >= 4 is 39.3 Å². The van der Waals surface area contributed by atoms with Gasteiger partial charge >= 0.3 is 10.2 Å². The van der Waals surface area contributed by atoms with Crippen molar-refractivity contribution in [1.82, 2.24) is 14.3 Å². The van der Waals surface area contributed by atoms with Gasteiger partial charge in [-0.05, 0) is 91.3 Å². The molecule has 0 unspecified atom stereocenters. The zero-order valence-corrected chi connectivity index (χ0v) is 29.3. The van der Waals surface area contributed by atoms with Crippen LogP contribution in [-0.2, 0) is 42.0 Å². The summed E-state index contributed by atoms with van der Waals surface area (Å²) >= 11 is 6.43. The van der Waals surface area contributed by atoms with Crippen LogP contribution in [0.1, 0.15) is 55.2 Å². The third-order valence-electron chi connectivity index (χ3n) is 10.8. The molecule has 2 aromatic rings. The van der Waals surface area contributed by atoms with Gasteiger partial charge in [0.05, 0.1) is 24.8 Å². The number of nitrogens with zero attached hydrogens (tertiary/aromatic N) is 2. The minimum atomic E-state index is -4.28. The van der Waals surface area contributed by atoms with Crippen LogP contribution in [0.2, 0.25) is 5.02 Å². The van der Waals surface area contributed by atoms with E-state index in [9.17, 15) is 23.1 Å². The molecule has 2 aromatic carbocycles. The minimum Gasteiger partial charge on any atom is -0.490 e. The number of amides is 2. The minimum absolute atomic E-state index is 0.0684. The maximum atomic E-state index is 13.7. The molecule has 2 amide bonds. The maximum absolute atomic E-state index is 13.7. The van der Waals surface area contributed by atoms with Gasteiger partial charge in [0.15, 0.2) is 5.60 Å². The average Bonchev–Trinajstić information content (AvgIpc) is 3.20. The lowest BCUT2D eigenvalue weighted by Crippen LogP contribution is -2.51. The number of carbonyl (C=O) groups is 2. The van der Waals surface area contributed by atoms with Gasteiger partial charge < -0.3 is 24.4 Å². The molecule has 3 N–H and O–H groups in total. The van der Waals surface area contributed by atoms with Gasteiger partial charge in [-0.25, -0.2) is 9.44 Å². The molecule has 5 atom stereocenters. The van der Waals surface area contributed by atoms with Crippen LogP contribution in [0.3, 0.4) is 0 Å². The zero-order valence-electron chi connectivity index (χ0n) is 27.7. The topological polar surface area (TPSA) is 138 Å². The Hall–Kier alpha value is -3.16. The van der Waals surface area contributed by atoms with Crippen molar-refractivity contribution in [2.45, 2.75) is 62.1 Å². The highest BCUT2D eigenvalue weighted by molar-refractivity contribution is 7.88. The third kappa shape index (κ3) is 6.69. The number of ether oxygens (including phenoxy) is 2. The summed E-state index contributed by atoms with van der Waals surface area (Å²) in [4.78, 5) is 30.9. The van der Waals surface area contributed by atoms with Crippen molar-refractivity contribution in [3.63, 3.8) is 0 Å². The van der Waals surface area contributed by atoms with E-state index in [4.69, 9.17) is 21.1 Å². The number of anilines is 1. The summed E-state index contributed by atoms with van der Waals surface area (Å²) in [6.45, 7) is 2.07. The van der Waals surface area contributed by atoms with Crippen LogP contribution in [-0.4, -0.2) is 83.8 Å². The molecule has 2 aliphatic carbocycles. The highest BCUT2D eigenvalue weighted by Gasteiger charge is 2.47. The van der Waals surface area contributed by atoms with Crippen molar-refractivity contribution in [2.24, 2.45) is 11.8 Å². The molecule has 2 aliphatic heterocycles. The van der Waals surface area contributed by atoms with Gasteiger partial charge in [-0.1, -0.05) is 35.9 Å². The Labute approximate surface area is 287 Å². The first-order chi connectivity index (χ1) is 22.9. The number of aliphatic hydroxyl groups is 1. The molecule has 1 saturated carbocycles. The first kappa shape index (κ1) is 34.7. The molecular weight excluding hydrogens is 656 g/mol. The Bertz CT molecular complexity index is 1700. The second-order valence-electron chi connectivity index (χ2n) is 13.7. The van der Waals surface area contributed by atoms with Crippen molar-refractivity contribution < 1.29 is 32.6 Å². The number of rotatable bonds is 4. The van der Waals surface area contributed by atoms with Crippen LogP contribution in [0.15, 0.2) is 48.6 Å². The first-order valence-corrected chi connectivity index (χ1v) is 18.5. The van der Waals surface area contributed by atoms with Crippen LogP contribution in [0, 0.1) is 11.8 Å². The Morgan fingerprint density at radius 1 is 1.19 bits per heavy atom. The number of carbonyl (C=O) groups excluding carboxylic acids is 2. The van der Waals surface area contributed by atoms with E-state index in [-0.39, 0.29) is 23.0 Å². The molecule has 6 rings (SSSR count). The molecule has 4 aliphatic rings. The Kier molecular flexibility index (Phi) is 9.85. The first-order valence-electron chi connectivity index (χ1n) is 16.6. The number of hydrogen-bond acceptors (Lipinski definition) is 8. The van der Waals surface area contributed by atoms with Gasteiger partial charge in [0.25, 0.3) is 5.91 Å². The molecule has 1 spiro atoms. The molecule has 0 radical (unpaired) electrons. The predicted octanol–water partition coefficient (Wildman–Crippen LogP) is 3.43. The van der Waals surface area contributed by atoms with Gasteiger partial charge in [0.1, 0.15) is 5.75 Å². The van der Waals surface area contributed by atoms with Gasteiger partial charge in [-0.2, -0.15) is 8.42 Å². The Morgan fingerprint density at radius 3 is 2.73 bits per heavy atom. The molecule has 48 heavy (non-hydrogen) atoms. The molecule has 260 valence electrons. The van der Waals surface area contributed by atoms with Crippen molar-refractivity contribution in [1.29, 1.82) is 0 Å². The lowest BCUT2D eigenvalue weighted by molar-refractivity contribution is -0.148. The monoisotopic (exact) mass is 700 g/mol. The molecule has 0 aromatic heterocycles. The molecular formula is C35H45ClN4O7S. The lowest BCUT2D eigenvalue weighted by atomic mass is 9.68. The van der Waals surface area contributed by atoms with E-state index in [0.717, 1.165) is 39.2 Å². The largest absolute Gasteiger partial charge is 0.490 e. The summed E-state index contributed by atoms with van der Waals surface area (Å²) in [6.07, 6.45) is 8.77. The van der Waals surface area contributed by atoms with E-state index in [2.05, 4.69) is 17.0 Å². The average molecular weight is 701 g/mol. The molecule has 13 heteroatoms. The van der Waals surface area contributed by atoms with Gasteiger partial charge in [-0.3, -0.25) is 9.59 Å². The van der Waals surface area contributed by atoms with E-state index in [1.165, 1.54) is 16.0 Å². The smallest absolute Gasteiger partial charge is 0.301 e. The number of methoxy groups -OCH3 is 1. The summed E-state index contributed by atoms with van der Waals surface area (Å²) in [5.74, 6) is -0.559. The van der Waals surface area contributed by atoms with Gasteiger partial charge in [0, 0.05) is 51.3 Å². The highest BCUT2D eigenvalue weighted by Crippen LogP contribution is 2.47. The van der Waals surface area contributed by atoms with Gasteiger partial charge in [0.2, 0.25) is 5.91 Å². The van der Waals surface area contributed by atoms with Crippen LogP contribution in [0.25, 0.3) is 0 Å². The lowest BCUT2D eigenvalue weighted by Gasteiger charge is -2.46. The number of nitrogens with one attached hydrogen (secondary N) is 2. The molecule has 2 heterocycles. The second kappa shape index (κ2) is 13.6. The van der Waals surface area contributed by atoms with Crippen LogP contribution < -0.4 is 19.1 Å². The summed E-state index contributed by atoms with van der Waals surface area (Å²) in [5.41, 5.74) is 0.356. The normalized spacial score (nSPS) is 29.9. The fourth-order valence-corrected chi connectivity index (χ4v) is 8.56. The SMILES string of the molecule is CNS(=O)(=O)NC(=O)[C@@]1(O)CC(=O)N(C)CC/C=C/[C@H](OC)[C@@H]2CC[C@H]2CN2C[C@@]3(CCCc4cc(Cl)ccc43)COc3ccc1cc32. The Morgan fingerprint density at radius 2 is 2.00 bits per heavy atom. The summed E-state index contributed by atoms with van der Waals surface area (Å²) in [6, 6.07) is 11.0. The van der Waals surface area contributed by atoms with E-state index < -0.39 is 34.0 Å². The number of benzene rings is 2. The van der Waals surface area contributed by atoms with Crippen molar-refractivity contribution in [2.75, 3.05) is 52.3 Å². The van der Waals surface area contributed by atoms with Crippen LogP contribution in [0.4, 0.5) is 5.69 Å². The van der Waals surface area contributed by atoms with E-state index in [1.54, 1.807) is 32.4 Å². The van der Waals surface area contributed by atoms with Crippen LogP contribution in [0.5, 0.6) is 5.75 Å². The zero-order chi connectivity index (χ0) is 34.3. The van der Waals surface area contributed by atoms with E-state index in [1.807, 2.05) is 27.7 Å². The molecule has 11 nitrogen and oxygen atoms in total. The number of hydrogen-bond donors (Lipinski definition) is 3. The molecule has 0 saturated heterocycles. The summed E-state index contributed by atoms with van der Waals surface area (Å²) in [7, 11) is 0.200. The Balaban J connectivity index is 1.48. The maximum Gasteiger partial charge on any atom is 0.301 e. The highest BCUT2D eigenvalue weighted by atomic mass is 35.5. The van der Waals surface area contributed by atoms with Crippen molar-refractivity contribution in [3.8, 4) is 5.75 Å².